The number of rotatable bonds is 1. The van der Waals surface area contributed by atoms with Gasteiger partial charge in [-0.15, -0.1) is 0 Å². The number of para-hydroxylation sites is 1. The van der Waals surface area contributed by atoms with Gasteiger partial charge in [0.2, 0.25) is 0 Å². The maximum absolute atomic E-state index is 12.0. The summed E-state index contributed by atoms with van der Waals surface area (Å²) in [6.07, 6.45) is 5.35. The number of nitrogens with one attached hydrogen (secondary N) is 2. The van der Waals surface area contributed by atoms with Crippen LogP contribution in [0.3, 0.4) is 0 Å². The number of carbonyl (C=O) groups excluding carboxylic acids is 1. The molecule has 3 aliphatic heterocycles. The van der Waals surface area contributed by atoms with Gasteiger partial charge in [-0.05, 0) is 24.1 Å². The number of fused-ring (bicyclic) bond motifs is 2. The van der Waals surface area contributed by atoms with E-state index in [0.717, 1.165) is 49.2 Å². The van der Waals surface area contributed by atoms with Crippen LogP contribution in [-0.2, 0) is 10.2 Å². The molecule has 4 heteroatoms. The first-order chi connectivity index (χ1) is 11.2. The molecule has 1 aromatic carbocycles. The molecule has 23 heavy (non-hydrogen) atoms. The molecule has 4 aliphatic rings. The second-order valence-electron chi connectivity index (χ2n) is 7.28. The van der Waals surface area contributed by atoms with Crippen LogP contribution in [0.1, 0.15) is 25.3 Å². The Kier molecular flexibility index (Phi) is 2.48. The van der Waals surface area contributed by atoms with E-state index in [0.29, 0.717) is 11.8 Å². The van der Waals surface area contributed by atoms with E-state index in [-0.39, 0.29) is 11.3 Å². The molecular weight excluding hydrogens is 288 g/mol. The standard InChI is InChI=1S/C19H20N2O2/c1-2-11-9-21-7-6-19-14-4-3-5-15(23)17(14)20-18(19)13(10-22)12(11)8-16(19)21/h2-5,10,12,16,20,23H,6-9H2,1H3/p+1/b11-2+/t12-,16-,19-/m0/s1. The van der Waals surface area contributed by atoms with Crippen molar-refractivity contribution >= 4 is 12.0 Å². The Bertz CT molecular complexity index is 795. The molecule has 3 N–H and O–H groups in total. The average Bonchev–Trinajstić information content (AvgIpc) is 3.12. The lowest BCUT2D eigenvalue weighted by atomic mass is 9.62. The average molecular weight is 309 g/mol. The number of piperidine rings is 1. The van der Waals surface area contributed by atoms with Crippen LogP contribution in [-0.4, -0.2) is 30.5 Å². The molecule has 2 fully saturated rings. The van der Waals surface area contributed by atoms with E-state index in [4.69, 9.17) is 0 Å². The number of anilines is 1. The zero-order chi connectivity index (χ0) is 15.8. The zero-order valence-electron chi connectivity index (χ0n) is 13.2. The van der Waals surface area contributed by atoms with Crippen LogP contribution in [0.4, 0.5) is 5.69 Å². The van der Waals surface area contributed by atoms with E-state index in [1.54, 1.807) is 11.0 Å². The third kappa shape index (κ3) is 1.39. The molecule has 3 heterocycles. The summed E-state index contributed by atoms with van der Waals surface area (Å²) in [5, 5.41) is 13.8. The van der Waals surface area contributed by atoms with E-state index in [1.165, 1.54) is 11.1 Å². The largest absolute Gasteiger partial charge is 0.506 e. The van der Waals surface area contributed by atoms with Crippen molar-refractivity contribution in [3.8, 4) is 5.75 Å². The molecule has 5 rings (SSSR count). The summed E-state index contributed by atoms with van der Waals surface area (Å²) in [5.41, 5.74) is 5.27. The summed E-state index contributed by atoms with van der Waals surface area (Å²) in [4.78, 5) is 13.6. The van der Waals surface area contributed by atoms with E-state index in [9.17, 15) is 9.90 Å². The minimum absolute atomic E-state index is 0.102. The van der Waals surface area contributed by atoms with Crippen LogP contribution in [0.15, 0.2) is 41.1 Å². The van der Waals surface area contributed by atoms with Crippen molar-refractivity contribution in [3.05, 3.63) is 46.7 Å². The van der Waals surface area contributed by atoms with Gasteiger partial charge in [-0.25, -0.2) is 0 Å². The van der Waals surface area contributed by atoms with Crippen LogP contribution in [0.5, 0.6) is 5.75 Å². The number of aldehydes is 1. The van der Waals surface area contributed by atoms with Crippen molar-refractivity contribution in [2.45, 2.75) is 31.2 Å². The first-order valence-corrected chi connectivity index (χ1v) is 8.49. The van der Waals surface area contributed by atoms with E-state index < -0.39 is 0 Å². The fourth-order valence-electron chi connectivity index (χ4n) is 5.72. The number of allylic oxidation sites excluding steroid dienone is 2. The smallest absolute Gasteiger partial charge is 0.148 e. The van der Waals surface area contributed by atoms with Gasteiger partial charge in [-0.3, -0.25) is 4.79 Å². The topological polar surface area (TPSA) is 53.8 Å². The van der Waals surface area contributed by atoms with E-state index in [2.05, 4.69) is 24.4 Å². The lowest BCUT2D eigenvalue weighted by Gasteiger charge is -2.45. The first kappa shape index (κ1) is 13.4. The van der Waals surface area contributed by atoms with E-state index in [1.807, 2.05) is 6.07 Å². The predicted molar refractivity (Wildman–Crippen MR) is 87.5 cm³/mol. The highest BCUT2D eigenvalue weighted by Gasteiger charge is 2.64. The first-order valence-electron chi connectivity index (χ1n) is 8.49. The second-order valence-corrected chi connectivity index (χ2v) is 7.28. The SMILES string of the molecule is C/C=C1\C[NH+]2CC[C@@]34C(=C(C=O)[C@H]1C[C@H]23)Nc1c(O)cccc14. The minimum atomic E-state index is -0.102. The van der Waals surface area contributed by atoms with Gasteiger partial charge < -0.3 is 15.3 Å². The van der Waals surface area contributed by atoms with Crippen molar-refractivity contribution in [3.63, 3.8) is 0 Å². The van der Waals surface area contributed by atoms with Gasteiger partial charge in [0, 0.05) is 30.0 Å². The highest BCUT2D eigenvalue weighted by molar-refractivity contribution is 5.85. The molecule has 0 amide bonds. The number of phenols is 1. The Labute approximate surface area is 135 Å². The van der Waals surface area contributed by atoms with Gasteiger partial charge >= 0.3 is 0 Å². The van der Waals surface area contributed by atoms with Gasteiger partial charge in [-0.1, -0.05) is 18.2 Å². The van der Waals surface area contributed by atoms with E-state index >= 15 is 0 Å². The van der Waals surface area contributed by atoms with Crippen molar-refractivity contribution in [2.75, 3.05) is 18.4 Å². The summed E-state index contributed by atoms with van der Waals surface area (Å²) >= 11 is 0. The lowest BCUT2D eigenvalue weighted by Crippen LogP contribution is -3.16. The Morgan fingerprint density at radius 2 is 2.30 bits per heavy atom. The fourth-order valence-corrected chi connectivity index (χ4v) is 5.72. The third-order valence-electron chi connectivity index (χ3n) is 6.66. The summed E-state index contributed by atoms with van der Waals surface area (Å²) in [7, 11) is 0. The Morgan fingerprint density at radius 1 is 1.43 bits per heavy atom. The molecule has 0 radical (unpaired) electrons. The number of aromatic hydroxyl groups is 1. The minimum Gasteiger partial charge on any atom is -0.506 e. The molecule has 2 bridgehead atoms. The van der Waals surface area contributed by atoms with Crippen LogP contribution in [0.25, 0.3) is 0 Å². The Hall–Kier alpha value is -2.07. The van der Waals surface area contributed by atoms with Crippen LogP contribution in [0, 0.1) is 5.92 Å². The molecule has 2 saturated heterocycles. The highest BCUT2D eigenvalue weighted by Crippen LogP contribution is 2.58. The van der Waals surface area contributed by atoms with Gasteiger partial charge in [0.05, 0.1) is 24.2 Å². The van der Waals surface area contributed by atoms with Crippen LogP contribution in [0.2, 0.25) is 0 Å². The zero-order valence-corrected chi connectivity index (χ0v) is 13.2. The molecule has 0 saturated carbocycles. The van der Waals surface area contributed by atoms with Gasteiger partial charge in [0.1, 0.15) is 18.1 Å². The molecule has 118 valence electrons. The second kappa shape index (κ2) is 4.26. The Balaban J connectivity index is 1.84. The number of hydrogen-bond acceptors (Lipinski definition) is 3. The Morgan fingerprint density at radius 3 is 3.09 bits per heavy atom. The number of carbonyl (C=O) groups is 1. The fraction of sp³-hybridized carbons (Fsp3) is 0.421. The van der Waals surface area contributed by atoms with Crippen LogP contribution < -0.4 is 10.2 Å². The molecular formula is C19H21N2O2+. The number of hydrogen-bond donors (Lipinski definition) is 3. The van der Waals surface area contributed by atoms with Gasteiger partial charge in [0.25, 0.3) is 0 Å². The quantitative estimate of drug-likeness (QED) is 0.414. The normalized spacial score (nSPS) is 38.3. The summed E-state index contributed by atoms with van der Waals surface area (Å²) in [6.45, 7) is 4.26. The van der Waals surface area contributed by atoms with Crippen molar-refractivity contribution in [1.82, 2.24) is 0 Å². The third-order valence-corrected chi connectivity index (χ3v) is 6.66. The molecule has 4 nitrogen and oxygen atoms in total. The maximum Gasteiger partial charge on any atom is 0.148 e. The molecule has 1 unspecified atom stereocenters. The molecule has 1 aromatic rings. The maximum atomic E-state index is 12.0. The lowest BCUT2D eigenvalue weighted by molar-refractivity contribution is -0.914. The van der Waals surface area contributed by atoms with Crippen LogP contribution >= 0.6 is 0 Å². The number of quaternary nitrogens is 1. The summed E-state index contributed by atoms with van der Waals surface area (Å²) in [5.74, 6) is 0.537. The molecule has 0 aromatic heterocycles. The number of benzene rings is 1. The van der Waals surface area contributed by atoms with Gasteiger partial charge in [-0.2, -0.15) is 0 Å². The van der Waals surface area contributed by atoms with Crippen molar-refractivity contribution < 1.29 is 14.8 Å². The number of phenolic OH excluding ortho intramolecular Hbond substituents is 1. The molecule has 1 aliphatic carbocycles. The molecule has 4 atom stereocenters. The van der Waals surface area contributed by atoms with Gasteiger partial charge in [0.15, 0.2) is 0 Å². The molecule has 1 spiro atoms. The summed E-state index contributed by atoms with van der Waals surface area (Å²) < 4.78 is 0. The predicted octanol–water partition coefficient (Wildman–Crippen LogP) is 1.15. The summed E-state index contributed by atoms with van der Waals surface area (Å²) in [6, 6.07) is 6.29. The highest BCUT2D eigenvalue weighted by atomic mass is 16.3. The van der Waals surface area contributed by atoms with Crippen molar-refractivity contribution in [2.24, 2.45) is 5.92 Å². The van der Waals surface area contributed by atoms with Crippen molar-refractivity contribution in [1.29, 1.82) is 0 Å². The monoisotopic (exact) mass is 309 g/mol.